The van der Waals surface area contributed by atoms with Gasteiger partial charge in [0.1, 0.15) is 0 Å². The van der Waals surface area contributed by atoms with E-state index in [-0.39, 0.29) is 0 Å². The molecule has 2 heteroatoms. The summed E-state index contributed by atoms with van der Waals surface area (Å²) in [6, 6.07) is 0. The Morgan fingerprint density at radius 3 is 2.70 bits per heavy atom. The van der Waals surface area contributed by atoms with Crippen LogP contribution in [-0.2, 0) is 0 Å². The lowest BCUT2D eigenvalue weighted by molar-refractivity contribution is 0.323. The molecule has 1 radical (unpaired) electrons. The van der Waals surface area contributed by atoms with E-state index in [9.17, 15) is 0 Å². The molecule has 2 nitrogen and oxygen atoms in total. The zero-order chi connectivity index (χ0) is 7.23. The molecule has 0 aromatic carbocycles. The van der Waals surface area contributed by atoms with Gasteiger partial charge in [0.25, 0.3) is 0 Å². The predicted molar refractivity (Wildman–Crippen MR) is 43.6 cm³/mol. The second-order valence-electron chi connectivity index (χ2n) is 2.46. The number of hydrogen-bond acceptors (Lipinski definition) is 2. The van der Waals surface area contributed by atoms with Crippen molar-refractivity contribution in [1.29, 1.82) is 0 Å². The molecule has 1 aliphatic heterocycles. The minimum atomic E-state index is 0.893. The average molecular weight is 139 g/mol. The number of rotatable bonds is 2. The summed E-state index contributed by atoms with van der Waals surface area (Å²) in [6.07, 6.45) is 5.14. The molecule has 1 aliphatic rings. The summed E-state index contributed by atoms with van der Waals surface area (Å²) in [4.78, 5) is 2.32. The number of allylic oxidation sites excluding steroid dienone is 1. The van der Waals surface area contributed by atoms with E-state index >= 15 is 0 Å². The Kier molecular flexibility index (Phi) is 3.30. The van der Waals surface area contributed by atoms with Gasteiger partial charge in [-0.2, -0.15) is 0 Å². The van der Waals surface area contributed by atoms with Crippen LogP contribution < -0.4 is 5.32 Å². The van der Waals surface area contributed by atoms with Crippen LogP contribution in [0.15, 0.2) is 12.3 Å². The third-order valence-electron chi connectivity index (χ3n) is 1.63. The van der Waals surface area contributed by atoms with E-state index in [1.165, 1.54) is 0 Å². The number of piperazine rings is 1. The van der Waals surface area contributed by atoms with Gasteiger partial charge in [-0.3, -0.25) is 0 Å². The molecule has 0 aromatic rings. The van der Waals surface area contributed by atoms with Crippen LogP contribution in [0.3, 0.4) is 0 Å². The third-order valence-corrected chi connectivity index (χ3v) is 1.63. The Labute approximate surface area is 62.9 Å². The first-order valence-corrected chi connectivity index (χ1v) is 3.84. The summed E-state index contributed by atoms with van der Waals surface area (Å²) in [7, 11) is 0. The van der Waals surface area contributed by atoms with Crippen molar-refractivity contribution in [3.05, 3.63) is 19.2 Å². The fourth-order valence-electron chi connectivity index (χ4n) is 1.05. The first-order chi connectivity index (χ1) is 4.93. The molecule has 0 atom stereocenters. The van der Waals surface area contributed by atoms with E-state index < -0.39 is 0 Å². The average Bonchev–Trinajstić information content (AvgIpc) is 2.03. The van der Waals surface area contributed by atoms with Gasteiger partial charge in [-0.1, -0.05) is 6.08 Å². The van der Waals surface area contributed by atoms with Gasteiger partial charge in [0.15, 0.2) is 0 Å². The van der Waals surface area contributed by atoms with Crippen molar-refractivity contribution in [3.63, 3.8) is 0 Å². The second kappa shape index (κ2) is 4.34. The van der Waals surface area contributed by atoms with E-state index in [1.54, 1.807) is 0 Å². The van der Waals surface area contributed by atoms with Crippen LogP contribution in [0.2, 0.25) is 0 Å². The summed E-state index contributed by atoms with van der Waals surface area (Å²) in [6.45, 7) is 8.24. The molecule has 0 saturated carbocycles. The van der Waals surface area contributed by atoms with Gasteiger partial charge >= 0.3 is 0 Å². The van der Waals surface area contributed by atoms with E-state index in [4.69, 9.17) is 0 Å². The van der Waals surface area contributed by atoms with E-state index in [2.05, 4.69) is 29.4 Å². The lowest BCUT2D eigenvalue weighted by Gasteiger charge is -2.25. The highest BCUT2D eigenvalue weighted by molar-refractivity contribution is 4.85. The van der Waals surface area contributed by atoms with Gasteiger partial charge in [-0.05, 0) is 19.5 Å². The van der Waals surface area contributed by atoms with Gasteiger partial charge in [-0.25, -0.2) is 0 Å². The molecule has 0 aliphatic carbocycles. The van der Waals surface area contributed by atoms with Gasteiger partial charge < -0.3 is 10.2 Å². The van der Waals surface area contributed by atoms with Crippen LogP contribution in [-0.4, -0.2) is 31.1 Å². The van der Waals surface area contributed by atoms with Crippen LogP contribution in [0, 0.1) is 6.92 Å². The summed E-state index contributed by atoms with van der Waals surface area (Å²) in [5.74, 6) is 0. The van der Waals surface area contributed by atoms with Crippen molar-refractivity contribution in [2.24, 2.45) is 0 Å². The van der Waals surface area contributed by atoms with Gasteiger partial charge in [0.2, 0.25) is 0 Å². The van der Waals surface area contributed by atoms with Crippen LogP contribution >= 0.6 is 0 Å². The largest absolute Gasteiger partial charge is 0.375 e. The second-order valence-corrected chi connectivity index (χ2v) is 2.46. The third kappa shape index (κ3) is 2.40. The lowest BCUT2D eigenvalue weighted by Crippen LogP contribution is -2.40. The Hall–Kier alpha value is -0.500. The van der Waals surface area contributed by atoms with Crippen LogP contribution in [0.1, 0.15) is 6.42 Å². The number of nitrogens with one attached hydrogen (secondary N) is 1. The summed E-state index contributed by atoms with van der Waals surface area (Å²) >= 11 is 0. The topological polar surface area (TPSA) is 15.3 Å². The number of nitrogens with zero attached hydrogens (tertiary/aromatic N) is 1. The van der Waals surface area contributed by atoms with E-state index in [1.807, 2.05) is 0 Å². The van der Waals surface area contributed by atoms with Crippen molar-refractivity contribution in [1.82, 2.24) is 10.2 Å². The molecule has 10 heavy (non-hydrogen) atoms. The highest BCUT2D eigenvalue weighted by Crippen LogP contribution is 1.93. The maximum absolute atomic E-state index is 3.74. The molecular weight excluding hydrogens is 124 g/mol. The molecule has 57 valence electrons. The quantitative estimate of drug-likeness (QED) is 0.603. The molecule has 0 spiro atoms. The maximum atomic E-state index is 3.74. The fourth-order valence-corrected chi connectivity index (χ4v) is 1.05. The molecule has 1 fully saturated rings. The minimum Gasteiger partial charge on any atom is -0.375 e. The van der Waals surface area contributed by atoms with Crippen molar-refractivity contribution >= 4 is 0 Å². The fraction of sp³-hybridized carbons (Fsp3) is 0.625. The normalized spacial score (nSPS) is 20.3. The Morgan fingerprint density at radius 2 is 2.10 bits per heavy atom. The molecule has 1 heterocycles. The molecule has 1 N–H and O–H groups in total. The van der Waals surface area contributed by atoms with E-state index in [0.29, 0.717) is 0 Å². The molecular formula is C8H15N2. The van der Waals surface area contributed by atoms with Crippen molar-refractivity contribution in [3.8, 4) is 0 Å². The van der Waals surface area contributed by atoms with Crippen molar-refractivity contribution < 1.29 is 0 Å². The smallest absolute Gasteiger partial charge is 0.0298 e. The number of hydrogen-bond donors (Lipinski definition) is 1. The Morgan fingerprint density at radius 1 is 1.40 bits per heavy atom. The molecule has 0 amide bonds. The molecule has 0 unspecified atom stereocenters. The predicted octanol–water partition coefficient (Wildman–Crippen LogP) is 0.629. The summed E-state index contributed by atoms with van der Waals surface area (Å²) < 4.78 is 0. The SMILES string of the molecule is [CH2]C/C=C/N1CCNCC1. The van der Waals surface area contributed by atoms with Gasteiger partial charge in [0.05, 0.1) is 0 Å². The zero-order valence-electron chi connectivity index (χ0n) is 6.34. The van der Waals surface area contributed by atoms with E-state index in [0.717, 1.165) is 32.6 Å². The lowest BCUT2D eigenvalue weighted by atomic mass is 10.4. The Balaban J connectivity index is 2.19. The summed E-state index contributed by atoms with van der Waals surface area (Å²) in [5, 5.41) is 3.30. The van der Waals surface area contributed by atoms with Crippen molar-refractivity contribution in [2.45, 2.75) is 6.42 Å². The first-order valence-electron chi connectivity index (χ1n) is 3.84. The van der Waals surface area contributed by atoms with Crippen LogP contribution in [0.25, 0.3) is 0 Å². The molecule has 0 bridgehead atoms. The van der Waals surface area contributed by atoms with Crippen LogP contribution in [0.5, 0.6) is 0 Å². The van der Waals surface area contributed by atoms with Crippen LogP contribution in [0.4, 0.5) is 0 Å². The van der Waals surface area contributed by atoms with Crippen molar-refractivity contribution in [2.75, 3.05) is 26.2 Å². The standard InChI is InChI=1S/C8H15N2/c1-2-3-6-10-7-4-9-5-8-10/h3,6,9H,1-2,4-5,7-8H2/b6-3+. The highest BCUT2D eigenvalue weighted by Gasteiger charge is 2.02. The maximum Gasteiger partial charge on any atom is 0.0298 e. The summed E-state index contributed by atoms with van der Waals surface area (Å²) in [5.41, 5.74) is 0. The van der Waals surface area contributed by atoms with Gasteiger partial charge in [0, 0.05) is 26.2 Å². The molecule has 1 saturated heterocycles. The molecule has 1 rings (SSSR count). The Bertz CT molecular complexity index is 104. The minimum absolute atomic E-state index is 0.893. The zero-order valence-corrected chi connectivity index (χ0v) is 6.34. The first kappa shape index (κ1) is 7.61. The molecule has 0 aromatic heterocycles. The van der Waals surface area contributed by atoms with Gasteiger partial charge in [-0.15, -0.1) is 0 Å². The monoisotopic (exact) mass is 139 g/mol. The highest BCUT2D eigenvalue weighted by atomic mass is 15.2.